The highest BCUT2D eigenvalue weighted by molar-refractivity contribution is 5.95. The summed E-state index contributed by atoms with van der Waals surface area (Å²) < 4.78 is 0. The van der Waals surface area contributed by atoms with Gasteiger partial charge in [0.25, 0.3) is 0 Å². The fraction of sp³-hybridized carbons (Fsp3) is 0.531. The molecule has 0 aliphatic rings. The normalized spacial score (nSPS) is 13.7. The van der Waals surface area contributed by atoms with Crippen molar-refractivity contribution in [2.75, 3.05) is 19.7 Å². The molecule has 0 saturated carbocycles. The van der Waals surface area contributed by atoms with Crippen LogP contribution in [-0.4, -0.2) is 94.7 Å². The van der Waals surface area contributed by atoms with Crippen LogP contribution in [0.2, 0.25) is 0 Å². The molecule has 16 nitrogen and oxygen atoms in total. The van der Waals surface area contributed by atoms with Gasteiger partial charge in [-0.15, -0.1) is 0 Å². The van der Waals surface area contributed by atoms with E-state index < -0.39 is 66.9 Å². The number of aliphatic hydroxyl groups is 1. The Morgan fingerprint density at radius 2 is 1.71 bits per heavy atom. The second kappa shape index (κ2) is 21.7. The lowest BCUT2D eigenvalue weighted by Crippen LogP contribution is -2.58. The molecule has 0 radical (unpaired) electrons. The van der Waals surface area contributed by atoms with Gasteiger partial charge in [0.2, 0.25) is 29.5 Å². The van der Waals surface area contributed by atoms with Gasteiger partial charge in [0.15, 0.2) is 0 Å². The number of carbonyl (C=O) groups excluding carboxylic acids is 5. The standard InChI is InChI=1S/C32H48N10O6/c1-21(2)14-25(39-29(45)12-11-23(42-34)16-35-13-7-6-10-22-8-4-3-5-9-22)31(47)40-26(15-24-17-36-20-38-24)32(48)41-27(19-43)30(46)37-18-28(33)44/h3-5,8-9,16-17,20-21,23,25-27,34,43H,6-7,10-15,18-19H2,1-2H3,(H2,33,44)(H,36,38)(H,37,46)(H,39,45)(H,40,47)(H,41,48). The van der Waals surface area contributed by atoms with Crippen LogP contribution in [0.15, 0.2) is 53.0 Å². The number of hydrogen-bond acceptors (Lipinski definition) is 10. The molecule has 9 N–H and O–H groups in total. The molecule has 0 spiro atoms. The third-order valence-electron chi connectivity index (χ3n) is 7.18. The smallest absolute Gasteiger partial charge is 0.245 e. The van der Waals surface area contributed by atoms with E-state index in [2.05, 4.69) is 53.5 Å². The molecule has 1 aromatic heterocycles. The van der Waals surface area contributed by atoms with E-state index in [9.17, 15) is 29.1 Å². The van der Waals surface area contributed by atoms with E-state index in [0.717, 1.165) is 19.3 Å². The number of imidazole rings is 1. The summed E-state index contributed by atoms with van der Waals surface area (Å²) in [6, 6.07) is 5.96. The number of aromatic amines is 1. The number of aliphatic hydroxyl groups excluding tert-OH is 1. The SMILES string of the molecule is CC(C)CC(NC(=O)CCC(C=NCCCCc1ccccc1)N=N)C(=O)NC(Cc1cnc[nH]1)C(=O)NC(CO)C(=O)NCC(N)=O. The van der Waals surface area contributed by atoms with E-state index in [-0.39, 0.29) is 31.6 Å². The number of aryl methyl sites for hydroxylation is 1. The number of nitrogens with zero attached hydrogens (tertiary/aromatic N) is 3. The number of nitrogens with one attached hydrogen (secondary N) is 6. The molecule has 0 fully saturated rings. The summed E-state index contributed by atoms with van der Waals surface area (Å²) in [5, 5.41) is 23.2. The average molecular weight is 669 g/mol. The van der Waals surface area contributed by atoms with E-state index in [0.29, 0.717) is 12.2 Å². The highest BCUT2D eigenvalue weighted by Gasteiger charge is 2.30. The van der Waals surface area contributed by atoms with Crippen molar-refractivity contribution in [2.24, 2.45) is 21.8 Å². The summed E-state index contributed by atoms with van der Waals surface area (Å²) in [6.45, 7) is 3.07. The zero-order valence-electron chi connectivity index (χ0n) is 27.5. The summed E-state index contributed by atoms with van der Waals surface area (Å²) in [7, 11) is 0. The van der Waals surface area contributed by atoms with Gasteiger partial charge in [0.05, 0.1) is 19.5 Å². The van der Waals surface area contributed by atoms with Crippen molar-refractivity contribution in [3.8, 4) is 0 Å². The zero-order chi connectivity index (χ0) is 35.3. The first-order chi connectivity index (χ1) is 23.0. The fourth-order valence-electron chi connectivity index (χ4n) is 4.66. The van der Waals surface area contributed by atoms with Crippen LogP contribution in [0.5, 0.6) is 0 Å². The number of amides is 5. The number of unbranched alkanes of at least 4 members (excludes halogenated alkanes) is 1. The first-order valence-electron chi connectivity index (χ1n) is 16.0. The number of H-pyrrole nitrogens is 1. The summed E-state index contributed by atoms with van der Waals surface area (Å²) >= 11 is 0. The van der Waals surface area contributed by atoms with Gasteiger partial charge in [-0.25, -0.2) is 10.5 Å². The topological polar surface area (TPSA) is 257 Å². The van der Waals surface area contributed by atoms with Crippen LogP contribution in [0, 0.1) is 11.4 Å². The monoisotopic (exact) mass is 668 g/mol. The highest BCUT2D eigenvalue weighted by atomic mass is 16.3. The van der Waals surface area contributed by atoms with Gasteiger partial charge < -0.3 is 37.1 Å². The first kappa shape index (κ1) is 39.2. The minimum absolute atomic E-state index is 0.00123. The number of hydrogen-bond donors (Lipinski definition) is 8. The van der Waals surface area contributed by atoms with Crippen LogP contribution in [0.25, 0.3) is 0 Å². The number of primary amides is 1. The van der Waals surface area contributed by atoms with Crippen molar-refractivity contribution in [1.29, 1.82) is 5.53 Å². The van der Waals surface area contributed by atoms with Crippen molar-refractivity contribution in [3.63, 3.8) is 0 Å². The van der Waals surface area contributed by atoms with E-state index in [1.165, 1.54) is 18.1 Å². The average Bonchev–Trinajstić information content (AvgIpc) is 3.58. The second-order valence-corrected chi connectivity index (χ2v) is 11.8. The van der Waals surface area contributed by atoms with Gasteiger partial charge in [0.1, 0.15) is 24.2 Å². The number of carbonyl (C=O) groups is 5. The Balaban J connectivity index is 1.97. The van der Waals surface area contributed by atoms with Gasteiger partial charge in [-0.05, 0) is 43.6 Å². The van der Waals surface area contributed by atoms with Crippen LogP contribution in [0.3, 0.4) is 0 Å². The molecule has 4 unspecified atom stereocenters. The predicted molar refractivity (Wildman–Crippen MR) is 178 cm³/mol. The predicted octanol–water partition coefficient (Wildman–Crippen LogP) is 0.320. The van der Waals surface area contributed by atoms with Crippen molar-refractivity contribution < 1.29 is 29.1 Å². The van der Waals surface area contributed by atoms with E-state index in [1.54, 1.807) is 6.21 Å². The van der Waals surface area contributed by atoms with Crippen molar-refractivity contribution >= 4 is 35.8 Å². The molecular formula is C32H48N10O6. The molecule has 2 rings (SSSR count). The van der Waals surface area contributed by atoms with Gasteiger partial charge in [-0.1, -0.05) is 44.2 Å². The van der Waals surface area contributed by atoms with Crippen LogP contribution in [-0.2, 0) is 36.8 Å². The number of rotatable bonds is 23. The molecule has 4 atom stereocenters. The second-order valence-electron chi connectivity index (χ2n) is 11.8. The highest BCUT2D eigenvalue weighted by Crippen LogP contribution is 2.09. The van der Waals surface area contributed by atoms with Gasteiger partial charge >= 0.3 is 0 Å². The van der Waals surface area contributed by atoms with Crippen LogP contribution in [0.4, 0.5) is 0 Å². The molecular weight excluding hydrogens is 620 g/mol. The Morgan fingerprint density at radius 3 is 2.33 bits per heavy atom. The van der Waals surface area contributed by atoms with Gasteiger partial charge in [-0.3, -0.25) is 29.0 Å². The quantitative estimate of drug-likeness (QED) is 0.0467. The lowest BCUT2D eigenvalue weighted by Gasteiger charge is -2.25. The molecule has 0 aliphatic carbocycles. The van der Waals surface area contributed by atoms with Gasteiger partial charge in [-0.2, -0.15) is 5.11 Å². The van der Waals surface area contributed by atoms with Crippen LogP contribution < -0.4 is 27.0 Å². The van der Waals surface area contributed by atoms with E-state index in [4.69, 9.17) is 11.3 Å². The van der Waals surface area contributed by atoms with Crippen molar-refractivity contribution in [2.45, 2.75) is 83.0 Å². The molecule has 1 heterocycles. The maximum atomic E-state index is 13.5. The Hall–Kier alpha value is -4.99. The Kier molecular flexibility index (Phi) is 17.7. The van der Waals surface area contributed by atoms with Crippen molar-refractivity contribution in [1.82, 2.24) is 31.2 Å². The third kappa shape index (κ3) is 15.5. The summed E-state index contributed by atoms with van der Waals surface area (Å²) in [5.41, 5.74) is 14.3. The Morgan fingerprint density at radius 1 is 1.00 bits per heavy atom. The number of nitrogens with two attached hydrogens (primary N) is 1. The van der Waals surface area contributed by atoms with E-state index in [1.807, 2.05) is 32.0 Å². The summed E-state index contributed by atoms with van der Waals surface area (Å²) in [4.78, 5) is 74.1. The molecule has 0 saturated heterocycles. The lowest BCUT2D eigenvalue weighted by molar-refractivity contribution is -0.134. The number of aromatic nitrogens is 2. The summed E-state index contributed by atoms with van der Waals surface area (Å²) in [6.07, 6.45) is 7.69. The zero-order valence-corrected chi connectivity index (χ0v) is 27.5. The molecule has 48 heavy (non-hydrogen) atoms. The minimum atomic E-state index is -1.42. The van der Waals surface area contributed by atoms with Crippen LogP contribution >= 0.6 is 0 Å². The number of aliphatic imine (C=N–C) groups is 1. The largest absolute Gasteiger partial charge is 0.394 e. The minimum Gasteiger partial charge on any atom is -0.394 e. The van der Waals surface area contributed by atoms with Gasteiger partial charge in [0, 0.05) is 37.5 Å². The lowest BCUT2D eigenvalue weighted by atomic mass is 10.0. The Labute approximate surface area is 280 Å². The molecule has 5 amide bonds. The molecule has 262 valence electrons. The maximum Gasteiger partial charge on any atom is 0.245 e. The Bertz CT molecular complexity index is 1340. The summed E-state index contributed by atoms with van der Waals surface area (Å²) in [5.74, 6) is -3.50. The first-order valence-corrected chi connectivity index (χ1v) is 16.0. The van der Waals surface area contributed by atoms with Crippen LogP contribution in [0.1, 0.15) is 57.2 Å². The molecule has 2 aromatic rings. The molecule has 16 heteroatoms. The fourth-order valence-corrected chi connectivity index (χ4v) is 4.66. The molecule has 0 aliphatic heterocycles. The molecule has 1 aromatic carbocycles. The third-order valence-corrected chi connectivity index (χ3v) is 7.18. The number of benzene rings is 1. The maximum absolute atomic E-state index is 13.5. The molecule has 0 bridgehead atoms. The van der Waals surface area contributed by atoms with Crippen molar-refractivity contribution in [3.05, 3.63) is 54.1 Å². The van der Waals surface area contributed by atoms with E-state index >= 15 is 0 Å².